The van der Waals surface area contributed by atoms with Gasteiger partial charge in [0.25, 0.3) is 0 Å². The summed E-state index contributed by atoms with van der Waals surface area (Å²) in [5.74, 6) is 0. The van der Waals surface area contributed by atoms with E-state index >= 15 is 0 Å². The van der Waals surface area contributed by atoms with E-state index in [1.807, 2.05) is 0 Å². The molecule has 0 rings (SSSR count). The molecule has 0 saturated heterocycles. The normalized spacial score (nSPS) is 18.5. The maximum absolute atomic E-state index is 10.9. The molecule has 0 aliphatic carbocycles. The maximum Gasteiger partial charge on any atom is 0.379 e. The number of hydrogen-bond acceptors (Lipinski definition) is 2. The molecule has 0 fully saturated rings. The summed E-state index contributed by atoms with van der Waals surface area (Å²) in [5, 5.41) is 0. The van der Waals surface area contributed by atoms with E-state index in [1.165, 1.54) is 0 Å². The molecule has 0 radical (unpaired) electrons. The predicted octanol–water partition coefficient (Wildman–Crippen LogP) is 0.829. The average molecular weight is 168 g/mol. The van der Waals surface area contributed by atoms with Crippen LogP contribution in [0.25, 0.3) is 0 Å². The SMILES string of the molecule is CCP(=O)(O)O[N+](C)(C)C. The van der Waals surface area contributed by atoms with Gasteiger partial charge in [0, 0.05) is 0 Å². The van der Waals surface area contributed by atoms with Crippen LogP contribution in [-0.4, -0.2) is 36.8 Å². The molecule has 0 heterocycles. The fourth-order valence-corrected chi connectivity index (χ4v) is 1.32. The van der Waals surface area contributed by atoms with Crippen LogP contribution >= 0.6 is 7.60 Å². The molecule has 0 spiro atoms. The fourth-order valence-electron chi connectivity index (χ4n) is 0.440. The summed E-state index contributed by atoms with van der Waals surface area (Å²) < 4.78 is 15.8. The molecule has 0 bridgehead atoms. The lowest BCUT2D eigenvalue weighted by Crippen LogP contribution is -2.33. The standard InChI is InChI=1S/C5H14NO3P/c1-5-10(7,8)9-6(2,3)4/h5H2,1-4H3/p+1. The van der Waals surface area contributed by atoms with Crippen molar-refractivity contribution in [2.75, 3.05) is 27.3 Å². The Kier molecular flexibility index (Phi) is 3.04. The van der Waals surface area contributed by atoms with Gasteiger partial charge in [-0.2, -0.15) is 4.65 Å². The molecule has 0 amide bonds. The van der Waals surface area contributed by atoms with E-state index in [9.17, 15) is 4.57 Å². The topological polar surface area (TPSA) is 46.5 Å². The highest BCUT2D eigenvalue weighted by atomic mass is 31.2. The minimum Gasteiger partial charge on any atom is -0.321 e. The van der Waals surface area contributed by atoms with Crippen LogP contribution in [0.1, 0.15) is 6.92 Å². The van der Waals surface area contributed by atoms with Gasteiger partial charge in [0.05, 0.1) is 27.3 Å². The molecule has 0 aliphatic rings. The monoisotopic (exact) mass is 168 g/mol. The molecule has 0 saturated carbocycles. The van der Waals surface area contributed by atoms with E-state index in [0.29, 0.717) is 0 Å². The van der Waals surface area contributed by atoms with Gasteiger partial charge in [-0.15, -0.1) is 4.62 Å². The zero-order chi connectivity index (χ0) is 8.41. The number of nitrogens with zero attached hydrogens (tertiary/aromatic N) is 1. The van der Waals surface area contributed by atoms with Crippen LogP contribution in [0, 0.1) is 0 Å². The predicted molar refractivity (Wildman–Crippen MR) is 39.5 cm³/mol. The van der Waals surface area contributed by atoms with Crippen molar-refractivity contribution in [3.63, 3.8) is 0 Å². The smallest absolute Gasteiger partial charge is 0.321 e. The van der Waals surface area contributed by atoms with Crippen LogP contribution in [0.3, 0.4) is 0 Å². The molecule has 5 heteroatoms. The molecule has 0 aromatic carbocycles. The molecule has 1 N–H and O–H groups in total. The molecule has 10 heavy (non-hydrogen) atoms. The molecule has 0 aliphatic heterocycles. The molecule has 1 atom stereocenters. The summed E-state index contributed by atoms with van der Waals surface area (Å²) in [5.41, 5.74) is 0. The lowest BCUT2D eigenvalue weighted by Gasteiger charge is -2.22. The highest BCUT2D eigenvalue weighted by Crippen LogP contribution is 2.42. The van der Waals surface area contributed by atoms with Gasteiger partial charge in [0.1, 0.15) is 0 Å². The Morgan fingerprint density at radius 1 is 1.50 bits per heavy atom. The lowest BCUT2D eigenvalue weighted by atomic mass is 11.0. The van der Waals surface area contributed by atoms with E-state index in [2.05, 4.69) is 0 Å². The number of hydrogen-bond donors (Lipinski definition) is 1. The van der Waals surface area contributed by atoms with Gasteiger partial charge < -0.3 is 4.89 Å². The Bertz CT molecular complexity index is 151. The van der Waals surface area contributed by atoms with E-state index in [-0.39, 0.29) is 10.8 Å². The van der Waals surface area contributed by atoms with Gasteiger partial charge >= 0.3 is 7.60 Å². The minimum atomic E-state index is -3.32. The third-order valence-corrected chi connectivity index (χ3v) is 2.32. The van der Waals surface area contributed by atoms with Crippen molar-refractivity contribution >= 4 is 7.60 Å². The van der Waals surface area contributed by atoms with Crippen LogP contribution in [0.5, 0.6) is 0 Å². The van der Waals surface area contributed by atoms with Crippen molar-refractivity contribution in [3.05, 3.63) is 0 Å². The summed E-state index contributed by atoms with van der Waals surface area (Å²) in [6.45, 7) is 1.62. The second kappa shape index (κ2) is 3.01. The third-order valence-electron chi connectivity index (χ3n) is 0.772. The third kappa shape index (κ3) is 4.94. The van der Waals surface area contributed by atoms with E-state index in [0.717, 1.165) is 0 Å². The van der Waals surface area contributed by atoms with Gasteiger partial charge in [-0.1, -0.05) is 6.92 Å². The lowest BCUT2D eigenvalue weighted by molar-refractivity contribution is -1.04. The van der Waals surface area contributed by atoms with Gasteiger partial charge in [-0.05, 0) is 0 Å². The Labute approximate surface area is 61.5 Å². The molecule has 1 unspecified atom stereocenters. The van der Waals surface area contributed by atoms with Gasteiger partial charge in [-0.25, -0.2) is 0 Å². The molecule has 0 aromatic heterocycles. The second-order valence-corrected chi connectivity index (χ2v) is 5.00. The summed E-state index contributed by atoms with van der Waals surface area (Å²) in [6.07, 6.45) is 0.155. The van der Waals surface area contributed by atoms with Crippen LogP contribution in [0.15, 0.2) is 0 Å². The summed E-state index contributed by atoms with van der Waals surface area (Å²) in [4.78, 5) is 8.98. The molecule has 0 aromatic rings. The fraction of sp³-hybridized carbons (Fsp3) is 1.00. The summed E-state index contributed by atoms with van der Waals surface area (Å²) in [7, 11) is 1.76. The maximum atomic E-state index is 10.9. The zero-order valence-electron chi connectivity index (χ0n) is 6.87. The van der Waals surface area contributed by atoms with Crippen LogP contribution in [-0.2, 0) is 9.19 Å². The van der Waals surface area contributed by atoms with Crippen molar-refractivity contribution in [1.82, 2.24) is 0 Å². The average Bonchev–Trinajstić information content (AvgIpc) is 1.60. The van der Waals surface area contributed by atoms with Gasteiger partial charge in [0.15, 0.2) is 0 Å². The van der Waals surface area contributed by atoms with Crippen molar-refractivity contribution in [1.29, 1.82) is 0 Å². The Balaban J connectivity index is 4.03. The van der Waals surface area contributed by atoms with Crippen LogP contribution in [0.2, 0.25) is 0 Å². The minimum absolute atomic E-state index is 0.0572. The number of rotatable bonds is 3. The Hall–Kier alpha value is 0.110. The Morgan fingerprint density at radius 2 is 1.90 bits per heavy atom. The largest absolute Gasteiger partial charge is 0.379 e. The van der Waals surface area contributed by atoms with Crippen molar-refractivity contribution in [3.8, 4) is 0 Å². The molecular formula is C5H15NO3P+. The molecule has 4 nitrogen and oxygen atoms in total. The number of quaternary nitrogens is 1. The first-order valence-electron chi connectivity index (χ1n) is 3.11. The highest BCUT2D eigenvalue weighted by molar-refractivity contribution is 7.52. The van der Waals surface area contributed by atoms with Crippen LogP contribution < -0.4 is 0 Å². The van der Waals surface area contributed by atoms with Crippen molar-refractivity contribution < 1.29 is 18.7 Å². The Morgan fingerprint density at radius 3 is 2.00 bits per heavy atom. The summed E-state index contributed by atoms with van der Waals surface area (Å²) >= 11 is 0. The van der Waals surface area contributed by atoms with E-state index in [1.54, 1.807) is 28.1 Å². The first-order chi connectivity index (χ1) is 4.27. The zero-order valence-corrected chi connectivity index (χ0v) is 7.76. The van der Waals surface area contributed by atoms with Crippen molar-refractivity contribution in [2.45, 2.75) is 6.92 Å². The van der Waals surface area contributed by atoms with E-state index < -0.39 is 7.60 Å². The van der Waals surface area contributed by atoms with Crippen LogP contribution in [0.4, 0.5) is 0 Å². The number of hydroxylamine groups is 3. The first kappa shape index (κ1) is 10.1. The highest BCUT2D eigenvalue weighted by Gasteiger charge is 2.25. The summed E-state index contributed by atoms with van der Waals surface area (Å²) in [6, 6.07) is 0. The van der Waals surface area contributed by atoms with E-state index in [4.69, 9.17) is 9.52 Å². The quantitative estimate of drug-likeness (QED) is 0.385. The second-order valence-electron chi connectivity index (χ2n) is 2.92. The molecular weight excluding hydrogens is 153 g/mol. The molecule has 62 valence electrons. The van der Waals surface area contributed by atoms with Crippen molar-refractivity contribution in [2.24, 2.45) is 0 Å². The van der Waals surface area contributed by atoms with Gasteiger partial charge in [0.2, 0.25) is 0 Å². The van der Waals surface area contributed by atoms with Gasteiger partial charge in [-0.3, -0.25) is 4.57 Å². The first-order valence-corrected chi connectivity index (χ1v) is 4.88.